The molecule has 2 rings (SSSR count). The van der Waals surface area contributed by atoms with Crippen molar-refractivity contribution in [2.24, 2.45) is 5.92 Å². The molecule has 42 heavy (non-hydrogen) atoms. The lowest BCUT2D eigenvalue weighted by molar-refractivity contribution is -0.880. The van der Waals surface area contributed by atoms with Gasteiger partial charge in [-0.2, -0.15) is 4.90 Å². The van der Waals surface area contributed by atoms with Gasteiger partial charge in [-0.3, -0.25) is 9.28 Å². The summed E-state index contributed by atoms with van der Waals surface area (Å²) >= 11 is 0. The second-order valence-electron chi connectivity index (χ2n) is 12.2. The minimum absolute atomic E-state index is 0. The number of unbranched alkanes of at least 4 members (excludes halogenated alkanes) is 15. The molecule has 8 heteroatoms. The van der Waals surface area contributed by atoms with Crippen LogP contribution in [0.3, 0.4) is 0 Å². The van der Waals surface area contributed by atoms with Crippen molar-refractivity contribution < 1.29 is 40.7 Å². The summed E-state index contributed by atoms with van der Waals surface area (Å²) in [6.07, 6.45) is 29.7. The van der Waals surface area contributed by atoms with E-state index in [1.54, 1.807) is 0 Å². The third-order valence-corrected chi connectivity index (χ3v) is 8.56. The van der Waals surface area contributed by atoms with Gasteiger partial charge in [0.25, 0.3) is 0 Å². The molecule has 0 N–H and O–H groups in total. The van der Waals surface area contributed by atoms with Crippen molar-refractivity contribution in [3.05, 3.63) is 24.4 Å². The molecule has 0 aliphatic carbocycles. The van der Waals surface area contributed by atoms with Crippen LogP contribution in [0.25, 0.3) is 0 Å². The van der Waals surface area contributed by atoms with E-state index in [0.717, 1.165) is 19.5 Å². The number of carbonyl (C=O) groups excluding carboxylic acids is 2. The van der Waals surface area contributed by atoms with Gasteiger partial charge in [0.15, 0.2) is 13.0 Å². The Hall–Kier alpha value is -1.41. The first-order valence-electron chi connectivity index (χ1n) is 16.9. The van der Waals surface area contributed by atoms with Crippen LogP contribution in [-0.2, 0) is 19.0 Å². The van der Waals surface area contributed by atoms with Crippen molar-refractivity contribution in [3.8, 4) is 0 Å². The quantitative estimate of drug-likeness (QED) is 0.113. The van der Waals surface area contributed by atoms with Crippen LogP contribution < -0.4 is 12.4 Å². The summed E-state index contributed by atoms with van der Waals surface area (Å²) in [4.78, 5) is 26.2. The number of quaternary nitrogens is 1. The van der Waals surface area contributed by atoms with E-state index in [0.29, 0.717) is 24.1 Å². The van der Waals surface area contributed by atoms with Gasteiger partial charge in [0.2, 0.25) is 5.91 Å². The van der Waals surface area contributed by atoms with E-state index in [1.807, 2.05) is 18.4 Å². The predicted molar refractivity (Wildman–Crippen MR) is 166 cm³/mol. The molecule has 0 saturated carbocycles. The number of nitrogens with zero attached hydrogens (tertiary/aromatic N) is 2. The van der Waals surface area contributed by atoms with Crippen LogP contribution in [0.5, 0.6) is 0 Å². The monoisotopic (exact) mass is 612 g/mol. The average molecular weight is 613 g/mol. The van der Waals surface area contributed by atoms with Crippen LogP contribution in [0.15, 0.2) is 24.4 Å². The summed E-state index contributed by atoms with van der Waals surface area (Å²) in [5.41, 5.74) is 0. The second-order valence-corrected chi connectivity index (χ2v) is 12.2. The van der Waals surface area contributed by atoms with E-state index in [-0.39, 0.29) is 43.8 Å². The first kappa shape index (κ1) is 38.6. The Balaban J connectivity index is 0.00000882. The summed E-state index contributed by atoms with van der Waals surface area (Å²) in [5, 5.41) is 0. The standard InChI is InChI=1S/C34H61N2O5.ClH/c1-4-6-7-8-9-10-11-12-13-14-15-16-17-18-19-23-26-39-33-27-32(28-40-33)29-41-34(38)35(31(3)37)30-36(5-2)24-21-20-22-25-36;/h20-22,24,32-33H,4-19,23,25-30H2,1-3H3;1H/q+1;/p-1. The summed E-state index contributed by atoms with van der Waals surface area (Å²) in [6, 6.07) is 0. The van der Waals surface area contributed by atoms with Gasteiger partial charge in [0.05, 0.1) is 26.0 Å². The van der Waals surface area contributed by atoms with Crippen molar-refractivity contribution in [1.82, 2.24) is 4.90 Å². The van der Waals surface area contributed by atoms with Gasteiger partial charge in [-0.05, 0) is 25.5 Å². The minimum atomic E-state index is -0.580. The maximum atomic E-state index is 12.8. The molecule has 7 nitrogen and oxygen atoms in total. The van der Waals surface area contributed by atoms with Crippen LogP contribution in [0.2, 0.25) is 0 Å². The molecular weight excluding hydrogens is 552 g/mol. The van der Waals surface area contributed by atoms with Gasteiger partial charge in [-0.15, -0.1) is 0 Å². The normalized spacial score (nSPS) is 21.3. The van der Waals surface area contributed by atoms with Crippen LogP contribution in [0, 0.1) is 5.92 Å². The number of rotatable bonds is 23. The largest absolute Gasteiger partial charge is 1.00 e. The molecule has 0 radical (unpaired) electrons. The van der Waals surface area contributed by atoms with E-state index in [2.05, 4.69) is 19.9 Å². The fourth-order valence-corrected chi connectivity index (χ4v) is 5.67. The Bertz CT molecular complexity index is 777. The summed E-state index contributed by atoms with van der Waals surface area (Å²) < 4.78 is 17.8. The van der Waals surface area contributed by atoms with Crippen molar-refractivity contribution in [2.45, 2.75) is 136 Å². The number of likely N-dealkylation sites (N-methyl/N-ethyl adjacent to an activating group) is 1. The highest BCUT2D eigenvalue weighted by Gasteiger charge is 2.33. The second kappa shape index (κ2) is 24.0. The first-order chi connectivity index (χ1) is 20.0. The molecule has 2 aliphatic rings. The molecule has 244 valence electrons. The maximum absolute atomic E-state index is 12.8. The molecule has 1 fully saturated rings. The summed E-state index contributed by atoms with van der Waals surface area (Å²) in [5.74, 6) is -0.206. The third kappa shape index (κ3) is 16.4. The van der Waals surface area contributed by atoms with Gasteiger partial charge in [0, 0.05) is 25.9 Å². The van der Waals surface area contributed by atoms with Crippen molar-refractivity contribution >= 4 is 12.0 Å². The van der Waals surface area contributed by atoms with Crippen molar-refractivity contribution in [1.29, 1.82) is 0 Å². The van der Waals surface area contributed by atoms with Gasteiger partial charge in [0.1, 0.15) is 6.54 Å². The molecule has 0 aromatic heterocycles. The zero-order valence-electron chi connectivity index (χ0n) is 27.0. The van der Waals surface area contributed by atoms with E-state index in [1.165, 1.54) is 108 Å². The summed E-state index contributed by atoms with van der Waals surface area (Å²) in [7, 11) is 0. The Morgan fingerprint density at radius 3 is 1.93 bits per heavy atom. The van der Waals surface area contributed by atoms with Crippen molar-refractivity contribution in [3.63, 3.8) is 0 Å². The highest BCUT2D eigenvalue weighted by molar-refractivity contribution is 5.90. The maximum Gasteiger partial charge on any atom is 0.421 e. The smallest absolute Gasteiger partial charge is 0.421 e. The molecule has 3 atom stereocenters. The van der Waals surface area contributed by atoms with Crippen molar-refractivity contribution in [2.75, 3.05) is 39.6 Å². The van der Waals surface area contributed by atoms with E-state index in [9.17, 15) is 9.59 Å². The molecule has 3 unspecified atom stereocenters. The topological polar surface area (TPSA) is 65.1 Å². The molecule has 1 saturated heterocycles. The number of amides is 2. The minimum Gasteiger partial charge on any atom is -1.00 e. The van der Waals surface area contributed by atoms with Crippen LogP contribution in [-0.4, -0.2) is 67.3 Å². The van der Waals surface area contributed by atoms with Crippen LogP contribution in [0.4, 0.5) is 4.79 Å². The number of carbonyl (C=O) groups is 2. The lowest BCUT2D eigenvalue weighted by Gasteiger charge is -2.37. The molecule has 0 spiro atoms. The number of imide groups is 1. The lowest BCUT2D eigenvalue weighted by atomic mass is 10.0. The van der Waals surface area contributed by atoms with Crippen LogP contribution >= 0.6 is 0 Å². The van der Waals surface area contributed by atoms with Gasteiger partial charge in [-0.1, -0.05) is 109 Å². The van der Waals surface area contributed by atoms with Crippen LogP contribution in [0.1, 0.15) is 130 Å². The molecule has 2 heterocycles. The number of allylic oxidation sites excluding steroid dienone is 2. The van der Waals surface area contributed by atoms with E-state index in [4.69, 9.17) is 14.2 Å². The van der Waals surface area contributed by atoms with E-state index >= 15 is 0 Å². The Labute approximate surface area is 263 Å². The van der Waals surface area contributed by atoms with E-state index < -0.39 is 6.09 Å². The third-order valence-electron chi connectivity index (χ3n) is 8.56. The first-order valence-corrected chi connectivity index (χ1v) is 16.9. The number of hydrogen-bond donors (Lipinski definition) is 0. The Morgan fingerprint density at radius 2 is 1.43 bits per heavy atom. The fraction of sp³-hybridized carbons (Fsp3) is 0.824. The zero-order chi connectivity index (χ0) is 29.6. The lowest BCUT2D eigenvalue weighted by Crippen LogP contribution is -3.00. The highest BCUT2D eigenvalue weighted by Crippen LogP contribution is 2.22. The molecule has 0 bridgehead atoms. The predicted octanol–water partition coefficient (Wildman–Crippen LogP) is 5.49. The molecule has 2 amide bonds. The van der Waals surface area contributed by atoms with Gasteiger partial charge >= 0.3 is 6.09 Å². The molecule has 2 aliphatic heterocycles. The fourth-order valence-electron chi connectivity index (χ4n) is 5.67. The number of hydrogen-bond acceptors (Lipinski definition) is 5. The highest BCUT2D eigenvalue weighted by atomic mass is 35.5. The SMILES string of the molecule is CCCCCCCCCCCCCCCCCCOC1CC(COC(=O)N(C[N+]2(CC)C=CC=CC2)C(C)=O)CO1.[Cl-]. The number of ether oxygens (including phenoxy) is 3. The Morgan fingerprint density at radius 1 is 0.857 bits per heavy atom. The Kier molecular flexibility index (Phi) is 22.0. The average Bonchev–Trinajstić information content (AvgIpc) is 3.44. The molecule has 0 aromatic carbocycles. The summed E-state index contributed by atoms with van der Waals surface area (Å²) in [6.45, 7) is 9.03. The number of halogens is 1. The molecule has 0 aromatic rings. The van der Waals surface area contributed by atoms with Gasteiger partial charge < -0.3 is 26.6 Å². The molecular formula is C34H61ClN2O5. The zero-order valence-corrected chi connectivity index (χ0v) is 27.8. The van der Waals surface area contributed by atoms with Gasteiger partial charge in [-0.25, -0.2) is 4.79 Å².